The largest absolute Gasteiger partial charge is 0.437 e. The summed E-state index contributed by atoms with van der Waals surface area (Å²) in [7, 11) is 0. The zero-order valence-corrected chi connectivity index (χ0v) is 11.1. The van der Waals surface area contributed by atoms with Gasteiger partial charge in [-0.3, -0.25) is 4.79 Å². The highest BCUT2D eigenvalue weighted by Gasteiger charge is 2.45. The second-order valence-corrected chi connectivity index (χ2v) is 5.54. The van der Waals surface area contributed by atoms with Gasteiger partial charge in [-0.25, -0.2) is 4.79 Å². The van der Waals surface area contributed by atoms with Crippen molar-refractivity contribution in [3.05, 3.63) is 22.6 Å². The molecule has 21 heavy (non-hydrogen) atoms. The molecule has 0 radical (unpaired) electrons. The molecule has 9 heteroatoms. The number of oxime groups is 1. The summed E-state index contributed by atoms with van der Waals surface area (Å²) >= 11 is 1.19. The second-order valence-electron chi connectivity index (χ2n) is 4.45. The molecule has 0 saturated carbocycles. The van der Waals surface area contributed by atoms with Crippen LogP contribution in [0.3, 0.4) is 0 Å². The smallest absolute Gasteiger partial charge is 0.349 e. The number of anilines is 1. The lowest BCUT2D eigenvalue weighted by Crippen LogP contribution is -2.46. The van der Waals surface area contributed by atoms with Crippen molar-refractivity contribution in [3.8, 4) is 0 Å². The molecule has 0 amide bonds. The molecule has 1 fully saturated rings. The molecule has 0 spiro atoms. The molecule has 3 heterocycles. The Labute approximate surface area is 120 Å². The fourth-order valence-corrected chi connectivity index (χ4v) is 2.83. The molecule has 0 N–H and O–H groups in total. The van der Waals surface area contributed by atoms with Crippen LogP contribution in [-0.4, -0.2) is 36.7 Å². The Hall–Kier alpha value is -2.16. The Kier molecular flexibility index (Phi) is 3.08. The molecule has 1 aromatic heterocycles. The maximum Gasteiger partial charge on any atom is 0.437 e. The van der Waals surface area contributed by atoms with Gasteiger partial charge in [0.05, 0.1) is 23.7 Å². The van der Waals surface area contributed by atoms with E-state index >= 15 is 0 Å². The second kappa shape index (κ2) is 4.69. The number of Topliss-reactive ketones (excluding diaryl/α,β-unsaturated/α-hetero) is 1. The third kappa shape index (κ3) is 2.56. The van der Waals surface area contributed by atoms with Crippen LogP contribution in [-0.2, 0) is 14.4 Å². The average Bonchev–Trinajstić information content (AvgIpc) is 2.93. The summed E-state index contributed by atoms with van der Waals surface area (Å²) in [5.74, 6) is -1.02. The van der Waals surface area contributed by atoms with E-state index in [9.17, 15) is 22.8 Å². The number of carbonyl (C=O) groups is 2. The number of alkyl halides is 3. The van der Waals surface area contributed by atoms with Crippen molar-refractivity contribution in [2.24, 2.45) is 5.16 Å². The molecule has 0 aliphatic carbocycles. The standard InChI is InChI=1S/C12H7F3N2O3S/c13-12(14,15)10-8(11(19)20-16-10)3-7-1-2-9(21-7)17-4-6(18)5-17/h1-3H,4-5H2/b8-3-. The summed E-state index contributed by atoms with van der Waals surface area (Å²) in [6.45, 7) is 0.599. The highest BCUT2D eigenvalue weighted by Crippen LogP contribution is 2.33. The summed E-state index contributed by atoms with van der Waals surface area (Å²) in [5, 5.41) is 3.53. The van der Waals surface area contributed by atoms with Crippen LogP contribution in [0.1, 0.15) is 4.88 Å². The highest BCUT2D eigenvalue weighted by molar-refractivity contribution is 7.17. The van der Waals surface area contributed by atoms with Crippen molar-refractivity contribution in [2.75, 3.05) is 18.0 Å². The number of carbonyl (C=O) groups excluding carboxylic acids is 2. The van der Waals surface area contributed by atoms with E-state index in [0.717, 1.165) is 11.1 Å². The number of halogens is 3. The minimum Gasteiger partial charge on any atom is -0.349 e. The minimum atomic E-state index is -4.75. The van der Waals surface area contributed by atoms with Crippen LogP contribution in [0.2, 0.25) is 0 Å². The van der Waals surface area contributed by atoms with Gasteiger partial charge in [0.15, 0.2) is 11.5 Å². The fourth-order valence-electron chi connectivity index (χ4n) is 1.88. The quantitative estimate of drug-likeness (QED) is 0.618. The van der Waals surface area contributed by atoms with E-state index in [0.29, 0.717) is 18.0 Å². The monoisotopic (exact) mass is 316 g/mol. The molecule has 3 rings (SSSR count). The van der Waals surface area contributed by atoms with Crippen molar-refractivity contribution in [2.45, 2.75) is 6.18 Å². The first-order chi connectivity index (χ1) is 9.84. The van der Waals surface area contributed by atoms with E-state index in [2.05, 4.69) is 9.99 Å². The Balaban J connectivity index is 1.85. The van der Waals surface area contributed by atoms with Crippen molar-refractivity contribution < 1.29 is 27.6 Å². The first kappa shape index (κ1) is 13.8. The average molecular weight is 316 g/mol. The van der Waals surface area contributed by atoms with E-state index in [-0.39, 0.29) is 5.78 Å². The minimum absolute atomic E-state index is 0.106. The Morgan fingerprint density at radius 2 is 2.00 bits per heavy atom. The fraction of sp³-hybridized carbons (Fsp3) is 0.250. The first-order valence-electron chi connectivity index (χ1n) is 5.79. The number of thiophene rings is 1. The molecule has 0 atom stereocenters. The van der Waals surface area contributed by atoms with Gasteiger partial charge in [-0.1, -0.05) is 5.16 Å². The van der Waals surface area contributed by atoms with Gasteiger partial charge in [-0.05, 0) is 18.2 Å². The molecule has 0 aromatic carbocycles. The summed E-state index contributed by atoms with van der Waals surface area (Å²) < 4.78 is 38.0. The number of ketones is 1. The Morgan fingerprint density at radius 3 is 2.62 bits per heavy atom. The Morgan fingerprint density at radius 1 is 1.29 bits per heavy atom. The first-order valence-corrected chi connectivity index (χ1v) is 6.61. The predicted molar refractivity (Wildman–Crippen MR) is 69.1 cm³/mol. The molecule has 2 aliphatic heterocycles. The maximum atomic E-state index is 12.7. The Bertz CT molecular complexity index is 682. The van der Waals surface area contributed by atoms with Gasteiger partial charge in [0, 0.05) is 4.88 Å². The molecule has 110 valence electrons. The van der Waals surface area contributed by atoms with Gasteiger partial charge in [0.2, 0.25) is 0 Å². The normalized spacial score (nSPS) is 20.6. The zero-order valence-electron chi connectivity index (χ0n) is 10.3. The maximum absolute atomic E-state index is 12.7. The van der Waals surface area contributed by atoms with Gasteiger partial charge in [0.1, 0.15) is 0 Å². The third-order valence-corrected chi connectivity index (χ3v) is 4.00. The number of hydrogen-bond acceptors (Lipinski definition) is 6. The molecule has 0 unspecified atom stereocenters. The van der Waals surface area contributed by atoms with Crippen molar-refractivity contribution in [3.63, 3.8) is 0 Å². The molecule has 1 saturated heterocycles. The summed E-state index contributed by atoms with van der Waals surface area (Å²) in [4.78, 5) is 28.6. The summed E-state index contributed by atoms with van der Waals surface area (Å²) in [6.07, 6.45) is -3.65. The number of nitrogens with zero attached hydrogens (tertiary/aromatic N) is 2. The van der Waals surface area contributed by atoms with Gasteiger partial charge in [0.25, 0.3) is 0 Å². The van der Waals surface area contributed by atoms with Gasteiger partial charge in [-0.2, -0.15) is 13.2 Å². The predicted octanol–water partition coefficient (Wildman–Crippen LogP) is 2.00. The molecular weight excluding hydrogens is 309 g/mol. The molecular formula is C12H7F3N2O3S. The topological polar surface area (TPSA) is 59.0 Å². The van der Waals surface area contributed by atoms with Crippen LogP contribution in [0.15, 0.2) is 22.9 Å². The molecule has 2 aliphatic rings. The van der Waals surface area contributed by atoms with Crippen LogP contribution in [0.4, 0.5) is 18.2 Å². The molecule has 0 bridgehead atoms. The number of rotatable bonds is 2. The molecule has 5 nitrogen and oxygen atoms in total. The highest BCUT2D eigenvalue weighted by atomic mass is 32.1. The van der Waals surface area contributed by atoms with E-state index in [4.69, 9.17) is 0 Å². The number of hydrogen-bond donors (Lipinski definition) is 0. The van der Waals surface area contributed by atoms with Crippen molar-refractivity contribution in [1.29, 1.82) is 0 Å². The van der Waals surface area contributed by atoms with E-state index in [1.807, 2.05) is 0 Å². The molecule has 1 aromatic rings. The zero-order chi connectivity index (χ0) is 15.2. The van der Waals surface area contributed by atoms with Crippen LogP contribution in [0.5, 0.6) is 0 Å². The van der Waals surface area contributed by atoms with Crippen molar-refractivity contribution >= 4 is 39.9 Å². The lowest BCUT2D eigenvalue weighted by atomic mass is 10.1. The SMILES string of the molecule is O=C1CN(c2ccc(/C=C3\C(=O)ON=C3C(F)(F)F)s2)C1. The van der Waals surface area contributed by atoms with Crippen LogP contribution >= 0.6 is 11.3 Å². The lowest BCUT2D eigenvalue weighted by molar-refractivity contribution is -0.136. The van der Waals surface area contributed by atoms with E-state index in [1.54, 1.807) is 17.0 Å². The van der Waals surface area contributed by atoms with Crippen molar-refractivity contribution in [1.82, 2.24) is 0 Å². The van der Waals surface area contributed by atoms with E-state index < -0.39 is 23.4 Å². The lowest BCUT2D eigenvalue weighted by Gasteiger charge is -2.29. The van der Waals surface area contributed by atoms with Crippen LogP contribution < -0.4 is 4.90 Å². The summed E-state index contributed by atoms with van der Waals surface area (Å²) in [6, 6.07) is 3.27. The summed E-state index contributed by atoms with van der Waals surface area (Å²) in [5.41, 5.74) is -1.95. The van der Waals surface area contributed by atoms with Gasteiger partial charge >= 0.3 is 12.1 Å². The van der Waals surface area contributed by atoms with Gasteiger partial charge < -0.3 is 9.74 Å². The van der Waals surface area contributed by atoms with Gasteiger partial charge in [-0.15, -0.1) is 11.3 Å². The van der Waals surface area contributed by atoms with E-state index in [1.165, 1.54) is 11.3 Å². The van der Waals surface area contributed by atoms with Crippen LogP contribution in [0, 0.1) is 0 Å². The third-order valence-electron chi connectivity index (χ3n) is 2.91. The van der Waals surface area contributed by atoms with Crippen LogP contribution in [0.25, 0.3) is 6.08 Å².